The number of hydrogen-bond acceptors (Lipinski definition) is 11. The largest absolute Gasteiger partial charge is 0.462 e. The Labute approximate surface area is 234 Å². The van der Waals surface area contributed by atoms with E-state index in [1.165, 1.54) is 55.2 Å². The van der Waals surface area contributed by atoms with Gasteiger partial charge in [0.2, 0.25) is 16.9 Å². The Morgan fingerprint density at radius 2 is 1.68 bits per heavy atom. The van der Waals surface area contributed by atoms with E-state index >= 15 is 0 Å². The number of amides is 2. The molecule has 1 saturated carbocycles. The van der Waals surface area contributed by atoms with E-state index < -0.39 is 17.2 Å². The van der Waals surface area contributed by atoms with Gasteiger partial charge in [-0.05, 0) is 45.6 Å². The Bertz CT molecular complexity index is 1140. The molecule has 10 nitrogen and oxygen atoms in total. The number of thioether (sulfide) groups is 1. The van der Waals surface area contributed by atoms with Crippen molar-refractivity contribution in [3.63, 3.8) is 0 Å². The van der Waals surface area contributed by atoms with E-state index in [2.05, 4.69) is 20.8 Å². The Morgan fingerprint density at radius 1 is 1.00 bits per heavy atom. The molecule has 0 spiro atoms. The molecule has 13 heteroatoms. The first-order valence-corrected chi connectivity index (χ1v) is 15.3. The summed E-state index contributed by atoms with van der Waals surface area (Å²) >= 11 is 3.36. The van der Waals surface area contributed by atoms with Crippen LogP contribution in [0.5, 0.6) is 0 Å². The van der Waals surface area contributed by atoms with Gasteiger partial charge in [0.1, 0.15) is 9.88 Å². The monoisotopic (exact) mass is 582 g/mol. The van der Waals surface area contributed by atoms with Crippen molar-refractivity contribution in [1.82, 2.24) is 10.2 Å². The van der Waals surface area contributed by atoms with Crippen LogP contribution in [0.3, 0.4) is 0 Å². The zero-order valence-corrected chi connectivity index (χ0v) is 24.5. The molecule has 0 bridgehead atoms. The Balaban J connectivity index is 1.59. The molecular weight excluding hydrogens is 548 g/mol. The van der Waals surface area contributed by atoms with Gasteiger partial charge in [-0.3, -0.25) is 9.59 Å². The maximum Gasteiger partial charge on any atom is 0.348 e. The quantitative estimate of drug-likeness (QED) is 0.184. The number of thiophene rings is 1. The number of rotatable bonds is 12. The molecule has 1 aliphatic rings. The number of anilines is 2. The van der Waals surface area contributed by atoms with Crippen LogP contribution in [0.25, 0.3) is 0 Å². The summed E-state index contributed by atoms with van der Waals surface area (Å²) in [6, 6.07) is 0. The zero-order chi connectivity index (χ0) is 27.7. The highest BCUT2D eigenvalue weighted by molar-refractivity contribution is 8.02. The van der Waals surface area contributed by atoms with Crippen molar-refractivity contribution in [1.29, 1.82) is 0 Å². The summed E-state index contributed by atoms with van der Waals surface area (Å²) < 4.78 is 10.7. The van der Waals surface area contributed by atoms with Crippen LogP contribution in [0, 0.1) is 12.8 Å². The molecule has 0 aliphatic heterocycles. The van der Waals surface area contributed by atoms with Crippen molar-refractivity contribution in [3.8, 4) is 0 Å². The molecule has 1 aliphatic carbocycles. The van der Waals surface area contributed by atoms with Crippen LogP contribution in [-0.2, 0) is 19.1 Å². The fraction of sp³-hybridized carbons (Fsp3) is 0.600. The van der Waals surface area contributed by atoms with Gasteiger partial charge in [0, 0.05) is 6.42 Å². The lowest BCUT2D eigenvalue weighted by Gasteiger charge is -2.20. The third-order valence-corrected chi connectivity index (χ3v) is 9.34. The molecule has 2 amide bonds. The van der Waals surface area contributed by atoms with Gasteiger partial charge in [0.15, 0.2) is 4.34 Å². The third-order valence-electron chi connectivity index (χ3n) is 6.13. The minimum absolute atomic E-state index is 0.0778. The van der Waals surface area contributed by atoms with Crippen molar-refractivity contribution in [3.05, 3.63) is 16.0 Å². The predicted octanol–water partition coefficient (Wildman–Crippen LogP) is 5.68. The third kappa shape index (κ3) is 8.24. The average Bonchev–Trinajstić information content (AvgIpc) is 3.46. The molecule has 1 unspecified atom stereocenters. The van der Waals surface area contributed by atoms with Crippen molar-refractivity contribution < 1.29 is 28.7 Å². The minimum Gasteiger partial charge on any atom is -0.462 e. The van der Waals surface area contributed by atoms with Gasteiger partial charge in [-0.1, -0.05) is 55.2 Å². The Morgan fingerprint density at radius 3 is 2.37 bits per heavy atom. The Kier molecular flexibility index (Phi) is 11.5. The number of esters is 2. The lowest BCUT2D eigenvalue weighted by molar-refractivity contribution is -0.117. The van der Waals surface area contributed by atoms with Crippen LogP contribution in [-0.4, -0.2) is 52.4 Å². The van der Waals surface area contributed by atoms with E-state index in [1.807, 2.05) is 0 Å². The van der Waals surface area contributed by atoms with E-state index in [9.17, 15) is 19.2 Å². The summed E-state index contributed by atoms with van der Waals surface area (Å²) in [4.78, 5) is 50.5. The first kappa shape index (κ1) is 30.0. The number of nitrogens with zero attached hydrogens (tertiary/aromatic N) is 2. The van der Waals surface area contributed by atoms with E-state index in [0.717, 1.165) is 17.8 Å². The van der Waals surface area contributed by atoms with E-state index in [4.69, 9.17) is 9.47 Å². The van der Waals surface area contributed by atoms with Gasteiger partial charge in [0.25, 0.3) is 0 Å². The van der Waals surface area contributed by atoms with Gasteiger partial charge in [-0.15, -0.1) is 21.5 Å². The maximum atomic E-state index is 13.0. The molecule has 0 saturated heterocycles. The van der Waals surface area contributed by atoms with Crippen LogP contribution in [0.2, 0.25) is 0 Å². The van der Waals surface area contributed by atoms with Crippen molar-refractivity contribution in [2.24, 2.45) is 5.92 Å². The first-order chi connectivity index (χ1) is 18.2. The Hall–Kier alpha value is -2.51. The summed E-state index contributed by atoms with van der Waals surface area (Å²) in [6.07, 6.45) is 7.53. The second kappa shape index (κ2) is 14.6. The standard InChI is InChI=1S/C25H34N4O6S3/c1-5-34-22(32)18-14(3)19(23(33)35-6-2)37-21(18)27-20(31)15(4)36-25-29-28-24(38-25)26-17(30)13-12-16-10-8-7-9-11-16/h15-16H,5-13H2,1-4H3,(H,27,31)(H,26,28,30). The van der Waals surface area contributed by atoms with Crippen LogP contribution < -0.4 is 10.6 Å². The van der Waals surface area contributed by atoms with Crippen molar-refractivity contribution >= 4 is 68.3 Å². The highest BCUT2D eigenvalue weighted by atomic mass is 32.2. The summed E-state index contributed by atoms with van der Waals surface area (Å²) in [5.41, 5.74) is 0.537. The molecule has 2 N–H and O–H groups in total. The van der Waals surface area contributed by atoms with Gasteiger partial charge in [-0.25, -0.2) is 9.59 Å². The van der Waals surface area contributed by atoms with Crippen LogP contribution >= 0.6 is 34.4 Å². The van der Waals surface area contributed by atoms with Crippen molar-refractivity contribution in [2.75, 3.05) is 23.8 Å². The number of carbonyl (C=O) groups is 4. The van der Waals surface area contributed by atoms with E-state index in [0.29, 0.717) is 27.4 Å². The van der Waals surface area contributed by atoms with Gasteiger partial charge >= 0.3 is 11.9 Å². The summed E-state index contributed by atoms with van der Waals surface area (Å²) in [5.74, 6) is -1.03. The van der Waals surface area contributed by atoms with Gasteiger partial charge in [0.05, 0.1) is 24.0 Å². The molecule has 0 radical (unpaired) electrons. The topological polar surface area (TPSA) is 137 Å². The molecule has 1 fully saturated rings. The normalized spacial score (nSPS) is 14.5. The highest BCUT2D eigenvalue weighted by Crippen LogP contribution is 2.36. The summed E-state index contributed by atoms with van der Waals surface area (Å²) in [6.45, 7) is 7.02. The zero-order valence-electron chi connectivity index (χ0n) is 22.1. The lowest BCUT2D eigenvalue weighted by Crippen LogP contribution is -2.23. The number of hydrogen-bond donors (Lipinski definition) is 2. The summed E-state index contributed by atoms with van der Waals surface area (Å²) in [7, 11) is 0. The molecule has 2 heterocycles. The molecule has 2 aromatic heterocycles. The molecule has 2 aromatic rings. The molecule has 208 valence electrons. The summed E-state index contributed by atoms with van der Waals surface area (Å²) in [5, 5.41) is 13.7. The van der Waals surface area contributed by atoms with Crippen LogP contribution in [0.15, 0.2) is 4.34 Å². The fourth-order valence-corrected chi connectivity index (χ4v) is 7.16. The minimum atomic E-state index is -0.625. The van der Waals surface area contributed by atoms with Crippen molar-refractivity contribution in [2.45, 2.75) is 82.2 Å². The van der Waals surface area contributed by atoms with Gasteiger partial charge < -0.3 is 20.1 Å². The fourth-order valence-electron chi connectivity index (χ4n) is 4.16. The van der Waals surface area contributed by atoms with Gasteiger partial charge in [-0.2, -0.15) is 0 Å². The van der Waals surface area contributed by atoms with E-state index in [1.54, 1.807) is 27.7 Å². The molecular formula is C25H34N4O6S3. The molecule has 1 atom stereocenters. The first-order valence-electron chi connectivity index (χ1n) is 12.8. The lowest BCUT2D eigenvalue weighted by atomic mass is 9.86. The molecule has 38 heavy (non-hydrogen) atoms. The highest BCUT2D eigenvalue weighted by Gasteiger charge is 2.28. The SMILES string of the molecule is CCOC(=O)c1sc(NC(=O)C(C)Sc2nnc(NC(=O)CCC3CCCCC3)s2)c(C(=O)OCC)c1C. The predicted molar refractivity (Wildman–Crippen MR) is 149 cm³/mol. The average molecular weight is 583 g/mol. The number of ether oxygens (including phenoxy) is 2. The smallest absolute Gasteiger partial charge is 0.348 e. The molecule has 3 rings (SSSR count). The second-order valence-electron chi connectivity index (χ2n) is 8.91. The van der Waals surface area contributed by atoms with Crippen LogP contribution in [0.4, 0.5) is 10.1 Å². The van der Waals surface area contributed by atoms with Crippen LogP contribution in [0.1, 0.15) is 91.3 Å². The number of nitrogens with one attached hydrogen (secondary N) is 2. The van der Waals surface area contributed by atoms with E-state index in [-0.39, 0.29) is 40.5 Å². The number of aromatic nitrogens is 2. The maximum absolute atomic E-state index is 13.0. The number of carbonyl (C=O) groups excluding carboxylic acids is 4. The second-order valence-corrected chi connectivity index (χ2v) is 12.5. The molecule has 0 aromatic carbocycles.